The number of piperidine rings is 1. The SMILES string of the molecule is O=C(O)C(F)(F)F.O=C(c1ccc(Oc2ccccc2)cc1Cl)c1c[nH]c2ncnc(NC3CCN(C4CN(C5CNC5)C4)CC3)c12. The number of para-hydroxylation sites is 1. The van der Waals surface area contributed by atoms with E-state index in [1.807, 2.05) is 30.3 Å². The highest BCUT2D eigenvalue weighted by molar-refractivity contribution is 6.35. The van der Waals surface area contributed by atoms with Gasteiger partial charge in [-0.1, -0.05) is 29.8 Å². The number of nitrogens with zero attached hydrogens (tertiary/aromatic N) is 4. The standard InChI is InChI=1S/C30H32ClN7O2.C2HF3O2/c31-26-12-23(40-22-4-2-1-3-5-22)6-7-24(26)28(39)25-15-33-29-27(25)30(35-18-34-29)36-19-8-10-37(11-9-19)21-16-38(17-21)20-13-32-14-20;3-2(4,5)1(6)7/h1-7,12,15,18-21,32H,8-11,13-14,16-17H2,(H2,33,34,35,36);(H,6,7). The van der Waals surface area contributed by atoms with Gasteiger partial charge in [-0.05, 0) is 37.1 Å². The molecule has 7 rings (SSSR count). The smallest absolute Gasteiger partial charge is 0.475 e. The highest BCUT2D eigenvalue weighted by Gasteiger charge is 2.39. The molecule has 2 aromatic carbocycles. The van der Waals surface area contributed by atoms with Crippen LogP contribution in [-0.4, -0.2) is 105 Å². The van der Waals surface area contributed by atoms with E-state index < -0.39 is 12.1 Å². The summed E-state index contributed by atoms with van der Waals surface area (Å²) in [5.41, 5.74) is 1.52. The number of aliphatic carboxylic acids is 1. The molecule has 0 saturated carbocycles. The minimum absolute atomic E-state index is 0.189. The van der Waals surface area contributed by atoms with Crippen molar-refractivity contribution >= 4 is 40.2 Å². The van der Waals surface area contributed by atoms with Crippen LogP contribution >= 0.6 is 11.6 Å². The van der Waals surface area contributed by atoms with Crippen molar-refractivity contribution in [2.45, 2.75) is 37.1 Å². The first-order valence-corrected chi connectivity index (χ1v) is 15.6. The lowest BCUT2D eigenvalue weighted by Crippen LogP contribution is -2.69. The molecule has 4 N–H and O–H groups in total. The quantitative estimate of drug-likeness (QED) is 0.194. The van der Waals surface area contributed by atoms with E-state index in [1.165, 1.54) is 19.4 Å². The number of likely N-dealkylation sites (tertiary alicyclic amines) is 2. The van der Waals surface area contributed by atoms with Gasteiger partial charge in [-0.15, -0.1) is 0 Å². The molecule has 15 heteroatoms. The van der Waals surface area contributed by atoms with E-state index in [0.717, 1.165) is 45.1 Å². The lowest BCUT2D eigenvalue weighted by Gasteiger charge is -2.52. The molecule has 5 heterocycles. The van der Waals surface area contributed by atoms with Crippen LogP contribution in [-0.2, 0) is 4.79 Å². The number of ether oxygens (including phenoxy) is 1. The first-order chi connectivity index (χ1) is 22.6. The molecule has 47 heavy (non-hydrogen) atoms. The van der Waals surface area contributed by atoms with Crippen molar-refractivity contribution in [3.63, 3.8) is 0 Å². The van der Waals surface area contributed by atoms with Gasteiger partial charge in [-0.3, -0.25) is 14.6 Å². The van der Waals surface area contributed by atoms with E-state index in [2.05, 4.69) is 35.4 Å². The van der Waals surface area contributed by atoms with Gasteiger partial charge in [0.2, 0.25) is 0 Å². The highest BCUT2D eigenvalue weighted by Crippen LogP contribution is 2.32. The Balaban J connectivity index is 0.000000499. The molecule has 3 aliphatic heterocycles. The molecule has 3 aliphatic rings. The Bertz CT molecular complexity index is 1720. The number of carboxylic acid groups (broad SMARTS) is 1. The van der Waals surface area contributed by atoms with Crippen LogP contribution in [0.2, 0.25) is 5.02 Å². The number of carbonyl (C=O) groups excluding carboxylic acids is 1. The Labute approximate surface area is 273 Å². The lowest BCUT2D eigenvalue weighted by atomic mass is 9.96. The second-order valence-corrected chi connectivity index (χ2v) is 12.1. The molecule has 2 aromatic heterocycles. The zero-order valence-corrected chi connectivity index (χ0v) is 25.9. The van der Waals surface area contributed by atoms with E-state index in [-0.39, 0.29) is 11.8 Å². The van der Waals surface area contributed by atoms with Gasteiger partial charge in [0.15, 0.2) is 5.78 Å². The molecule has 0 spiro atoms. The number of ketones is 1. The van der Waals surface area contributed by atoms with Crippen molar-refractivity contribution in [1.29, 1.82) is 0 Å². The number of carbonyl (C=O) groups is 2. The first-order valence-electron chi connectivity index (χ1n) is 15.2. The van der Waals surface area contributed by atoms with Crippen LogP contribution in [0.4, 0.5) is 19.0 Å². The normalized spacial score (nSPS) is 18.1. The molecule has 0 aliphatic carbocycles. The molecule has 3 fully saturated rings. The number of carboxylic acids is 1. The summed E-state index contributed by atoms with van der Waals surface area (Å²) >= 11 is 6.58. The van der Waals surface area contributed by atoms with Crippen LogP contribution in [0.25, 0.3) is 11.0 Å². The predicted octanol–water partition coefficient (Wildman–Crippen LogP) is 4.80. The Kier molecular flexibility index (Phi) is 9.64. The molecule has 0 bridgehead atoms. The number of anilines is 1. The van der Waals surface area contributed by atoms with Gasteiger partial charge >= 0.3 is 12.1 Å². The molecular formula is C32H33ClF3N7O4. The van der Waals surface area contributed by atoms with Crippen molar-refractivity contribution in [2.75, 3.05) is 44.6 Å². The Morgan fingerprint density at radius 1 is 0.957 bits per heavy atom. The second kappa shape index (κ2) is 13.9. The summed E-state index contributed by atoms with van der Waals surface area (Å²) in [4.78, 5) is 39.9. The van der Waals surface area contributed by atoms with E-state index in [0.29, 0.717) is 50.5 Å². The summed E-state index contributed by atoms with van der Waals surface area (Å²) in [7, 11) is 0. The van der Waals surface area contributed by atoms with Crippen LogP contribution in [0.1, 0.15) is 28.8 Å². The third-order valence-electron chi connectivity index (χ3n) is 8.67. The summed E-state index contributed by atoms with van der Waals surface area (Å²) in [5, 5.41) is 15.1. The van der Waals surface area contributed by atoms with Gasteiger partial charge in [0, 0.05) is 75.2 Å². The molecule has 4 aromatic rings. The number of benzene rings is 2. The third-order valence-corrected chi connectivity index (χ3v) is 8.99. The maximum atomic E-state index is 13.7. The minimum Gasteiger partial charge on any atom is -0.475 e. The Morgan fingerprint density at radius 3 is 2.28 bits per heavy atom. The molecule has 0 amide bonds. The largest absolute Gasteiger partial charge is 0.490 e. The molecule has 3 saturated heterocycles. The zero-order chi connectivity index (χ0) is 33.1. The number of H-pyrrole nitrogens is 1. The number of hydrogen-bond acceptors (Lipinski definition) is 9. The van der Waals surface area contributed by atoms with Crippen molar-refractivity contribution in [2.24, 2.45) is 0 Å². The maximum absolute atomic E-state index is 13.7. The molecule has 248 valence electrons. The van der Waals surface area contributed by atoms with Gasteiger partial charge in [-0.25, -0.2) is 14.8 Å². The van der Waals surface area contributed by atoms with Gasteiger partial charge in [-0.2, -0.15) is 13.2 Å². The number of rotatable bonds is 8. The molecule has 0 unspecified atom stereocenters. The van der Waals surface area contributed by atoms with Crippen LogP contribution in [0.3, 0.4) is 0 Å². The summed E-state index contributed by atoms with van der Waals surface area (Å²) < 4.78 is 37.6. The van der Waals surface area contributed by atoms with Gasteiger partial charge in [0.25, 0.3) is 0 Å². The van der Waals surface area contributed by atoms with E-state index in [4.69, 9.17) is 26.2 Å². The zero-order valence-electron chi connectivity index (χ0n) is 25.1. The highest BCUT2D eigenvalue weighted by atomic mass is 35.5. The summed E-state index contributed by atoms with van der Waals surface area (Å²) in [5.74, 6) is -0.994. The third kappa shape index (κ3) is 7.51. The number of aromatic amines is 1. The monoisotopic (exact) mass is 671 g/mol. The number of halogens is 4. The Morgan fingerprint density at radius 2 is 1.66 bits per heavy atom. The van der Waals surface area contributed by atoms with Crippen LogP contribution in [0.5, 0.6) is 11.5 Å². The van der Waals surface area contributed by atoms with Crippen LogP contribution in [0.15, 0.2) is 61.1 Å². The predicted molar refractivity (Wildman–Crippen MR) is 169 cm³/mol. The summed E-state index contributed by atoms with van der Waals surface area (Å²) in [6, 6.07) is 16.3. The van der Waals surface area contributed by atoms with Gasteiger partial charge < -0.3 is 25.5 Å². The van der Waals surface area contributed by atoms with Crippen LogP contribution in [0, 0.1) is 0 Å². The summed E-state index contributed by atoms with van der Waals surface area (Å²) in [6.07, 6.45) is 0.219. The number of aromatic nitrogens is 3. The van der Waals surface area contributed by atoms with Crippen molar-refractivity contribution < 1.29 is 32.6 Å². The van der Waals surface area contributed by atoms with E-state index in [9.17, 15) is 18.0 Å². The average molecular weight is 672 g/mol. The average Bonchev–Trinajstić information content (AvgIpc) is 3.44. The number of nitrogens with one attached hydrogen (secondary N) is 3. The van der Waals surface area contributed by atoms with Crippen molar-refractivity contribution in [1.82, 2.24) is 30.1 Å². The summed E-state index contributed by atoms with van der Waals surface area (Å²) in [6.45, 7) is 6.78. The van der Waals surface area contributed by atoms with Crippen molar-refractivity contribution in [3.05, 3.63) is 77.2 Å². The fourth-order valence-corrected chi connectivity index (χ4v) is 6.17. The molecule has 0 atom stereocenters. The molecule has 0 radical (unpaired) electrons. The van der Waals surface area contributed by atoms with Crippen molar-refractivity contribution in [3.8, 4) is 11.5 Å². The second-order valence-electron chi connectivity index (χ2n) is 11.7. The number of fused-ring (bicyclic) bond motifs is 1. The first kappa shape index (κ1) is 32.7. The topological polar surface area (TPSA) is 136 Å². The number of alkyl halides is 3. The molecular weight excluding hydrogens is 639 g/mol. The van der Waals surface area contributed by atoms with Gasteiger partial charge in [0.05, 0.1) is 16.0 Å². The number of hydrogen-bond donors (Lipinski definition) is 4. The van der Waals surface area contributed by atoms with E-state index >= 15 is 0 Å². The molecule has 11 nitrogen and oxygen atoms in total. The van der Waals surface area contributed by atoms with E-state index in [1.54, 1.807) is 24.4 Å². The Hall–Kier alpha value is -4.24. The van der Waals surface area contributed by atoms with Gasteiger partial charge in [0.1, 0.15) is 29.3 Å². The van der Waals surface area contributed by atoms with Crippen LogP contribution < -0.4 is 15.4 Å². The fraction of sp³-hybridized carbons (Fsp3) is 0.375. The lowest BCUT2D eigenvalue weighted by molar-refractivity contribution is -0.192. The fourth-order valence-electron chi connectivity index (χ4n) is 5.92. The maximum Gasteiger partial charge on any atom is 0.490 e. The minimum atomic E-state index is -5.08.